The van der Waals surface area contributed by atoms with Crippen molar-refractivity contribution >= 4 is 38.9 Å². The van der Waals surface area contributed by atoms with E-state index in [0.29, 0.717) is 0 Å². The minimum atomic E-state index is -4.08. The predicted octanol–water partition coefficient (Wildman–Crippen LogP) is 3.69. The van der Waals surface area contributed by atoms with Crippen LogP contribution in [0.25, 0.3) is 5.69 Å². The van der Waals surface area contributed by atoms with Crippen LogP contribution in [0, 0.1) is 0 Å². The van der Waals surface area contributed by atoms with E-state index in [1.165, 1.54) is 23.1 Å². The number of phenols is 1. The normalized spacial score (nSPS) is 11.4. The smallest absolute Gasteiger partial charge is 0.265 e. The fourth-order valence-corrected chi connectivity index (χ4v) is 3.84. The Bertz CT molecular complexity index is 988. The Kier molecular flexibility index (Phi) is 4.40. The Labute approximate surface area is 148 Å². The summed E-state index contributed by atoms with van der Waals surface area (Å²) in [4.78, 5) is -0.410. The summed E-state index contributed by atoms with van der Waals surface area (Å²) in [6.07, 6.45) is 2.86. The maximum absolute atomic E-state index is 12.4. The summed E-state index contributed by atoms with van der Waals surface area (Å²) < 4.78 is 28.7. The summed E-state index contributed by atoms with van der Waals surface area (Å²) in [6, 6.07) is 11.6. The first-order valence-corrected chi connectivity index (χ1v) is 8.91. The van der Waals surface area contributed by atoms with Crippen molar-refractivity contribution in [1.82, 2.24) is 9.78 Å². The SMILES string of the molecule is O=S(=O)(Nc1cnn(-c2ccccc2)c1)c1cc(Cl)cc(Cl)c1O. The third kappa shape index (κ3) is 3.33. The van der Waals surface area contributed by atoms with Crippen molar-refractivity contribution in [2.75, 3.05) is 4.72 Å². The van der Waals surface area contributed by atoms with Gasteiger partial charge in [-0.25, -0.2) is 13.1 Å². The lowest BCUT2D eigenvalue weighted by Gasteiger charge is -2.09. The highest BCUT2D eigenvalue weighted by Crippen LogP contribution is 2.34. The largest absolute Gasteiger partial charge is 0.505 e. The summed E-state index contributed by atoms with van der Waals surface area (Å²) in [5.74, 6) is -0.566. The van der Waals surface area contributed by atoms with Gasteiger partial charge in [-0.1, -0.05) is 41.4 Å². The van der Waals surface area contributed by atoms with Crippen molar-refractivity contribution in [2.24, 2.45) is 0 Å². The van der Waals surface area contributed by atoms with E-state index in [9.17, 15) is 13.5 Å². The molecule has 124 valence electrons. The lowest BCUT2D eigenvalue weighted by atomic mass is 10.3. The van der Waals surface area contributed by atoms with Crippen LogP contribution in [0.3, 0.4) is 0 Å². The van der Waals surface area contributed by atoms with Crippen molar-refractivity contribution < 1.29 is 13.5 Å². The minimum absolute atomic E-state index is 0.0955. The average molecular weight is 384 g/mol. The van der Waals surface area contributed by atoms with Crippen molar-refractivity contribution in [3.63, 3.8) is 0 Å². The Morgan fingerprint density at radius 3 is 2.54 bits per heavy atom. The molecule has 24 heavy (non-hydrogen) atoms. The maximum Gasteiger partial charge on any atom is 0.265 e. The van der Waals surface area contributed by atoms with Crippen molar-refractivity contribution in [3.8, 4) is 11.4 Å². The van der Waals surface area contributed by atoms with Gasteiger partial charge in [0, 0.05) is 5.02 Å². The lowest BCUT2D eigenvalue weighted by molar-refractivity contribution is 0.459. The van der Waals surface area contributed by atoms with E-state index < -0.39 is 20.7 Å². The van der Waals surface area contributed by atoms with Gasteiger partial charge in [-0.15, -0.1) is 0 Å². The second kappa shape index (κ2) is 6.35. The number of para-hydroxylation sites is 1. The number of aromatic nitrogens is 2. The molecule has 2 aromatic carbocycles. The number of rotatable bonds is 4. The summed E-state index contributed by atoms with van der Waals surface area (Å²) >= 11 is 11.6. The molecule has 0 spiro atoms. The number of anilines is 1. The van der Waals surface area contributed by atoms with Crippen LogP contribution in [0.1, 0.15) is 0 Å². The van der Waals surface area contributed by atoms with Gasteiger partial charge < -0.3 is 5.11 Å². The van der Waals surface area contributed by atoms with Gasteiger partial charge in [-0.3, -0.25) is 4.72 Å². The van der Waals surface area contributed by atoms with Crippen LogP contribution < -0.4 is 4.72 Å². The first kappa shape index (κ1) is 16.6. The minimum Gasteiger partial charge on any atom is -0.505 e. The molecule has 6 nitrogen and oxygen atoms in total. The molecule has 9 heteroatoms. The van der Waals surface area contributed by atoms with Crippen molar-refractivity contribution in [1.29, 1.82) is 0 Å². The fourth-order valence-electron chi connectivity index (χ4n) is 2.05. The monoisotopic (exact) mass is 383 g/mol. The average Bonchev–Trinajstić information content (AvgIpc) is 2.99. The molecule has 0 bridgehead atoms. The number of hydrogen-bond acceptors (Lipinski definition) is 4. The van der Waals surface area contributed by atoms with Gasteiger partial charge in [0.2, 0.25) is 0 Å². The van der Waals surface area contributed by atoms with Gasteiger partial charge in [-0.2, -0.15) is 5.10 Å². The summed E-state index contributed by atoms with van der Waals surface area (Å²) in [5.41, 5.74) is 1.01. The zero-order valence-electron chi connectivity index (χ0n) is 12.0. The third-order valence-corrected chi connectivity index (χ3v) is 5.04. The molecule has 0 fully saturated rings. The number of phenolic OH excluding ortho intramolecular Hbond substituents is 1. The lowest BCUT2D eigenvalue weighted by Crippen LogP contribution is -2.13. The van der Waals surface area contributed by atoms with E-state index >= 15 is 0 Å². The first-order chi connectivity index (χ1) is 11.4. The van der Waals surface area contributed by atoms with E-state index in [1.54, 1.807) is 0 Å². The molecule has 0 saturated heterocycles. The molecule has 0 aliphatic rings. The molecule has 0 aliphatic carbocycles. The molecular formula is C15H11Cl2N3O3S. The van der Waals surface area contributed by atoms with Crippen LogP contribution in [0.15, 0.2) is 59.8 Å². The predicted molar refractivity (Wildman–Crippen MR) is 92.5 cm³/mol. The highest BCUT2D eigenvalue weighted by molar-refractivity contribution is 7.92. The Morgan fingerprint density at radius 2 is 1.83 bits per heavy atom. The van der Waals surface area contributed by atoms with Crippen LogP contribution in [0.5, 0.6) is 5.75 Å². The number of sulfonamides is 1. The van der Waals surface area contributed by atoms with Crippen LogP contribution >= 0.6 is 23.2 Å². The number of nitrogens with one attached hydrogen (secondary N) is 1. The van der Waals surface area contributed by atoms with Gasteiger partial charge in [0.15, 0.2) is 5.75 Å². The maximum atomic E-state index is 12.4. The van der Waals surface area contributed by atoms with Crippen molar-refractivity contribution in [3.05, 3.63) is 64.9 Å². The highest BCUT2D eigenvalue weighted by atomic mass is 35.5. The molecule has 0 unspecified atom stereocenters. The van der Waals surface area contributed by atoms with Gasteiger partial charge in [0.05, 0.1) is 28.8 Å². The van der Waals surface area contributed by atoms with E-state index in [2.05, 4.69) is 9.82 Å². The molecule has 2 N–H and O–H groups in total. The molecule has 1 heterocycles. The molecule has 3 rings (SSSR count). The summed E-state index contributed by atoms with van der Waals surface area (Å²) in [5, 5.41) is 13.9. The number of aromatic hydroxyl groups is 1. The topological polar surface area (TPSA) is 84.2 Å². The van der Waals surface area contributed by atoms with Crippen LogP contribution in [0.2, 0.25) is 10.0 Å². The molecular weight excluding hydrogens is 373 g/mol. The number of hydrogen-bond donors (Lipinski definition) is 2. The molecule has 1 aromatic heterocycles. The zero-order valence-corrected chi connectivity index (χ0v) is 14.3. The second-order valence-electron chi connectivity index (χ2n) is 4.85. The van der Waals surface area contributed by atoms with E-state index in [4.69, 9.17) is 23.2 Å². The van der Waals surface area contributed by atoms with Gasteiger partial charge >= 0.3 is 0 Å². The Hall–Kier alpha value is -2.22. The molecule has 3 aromatic rings. The van der Waals surface area contributed by atoms with Crippen LogP contribution in [-0.2, 0) is 10.0 Å². The standard InChI is InChI=1S/C15H11Cl2N3O3S/c16-10-6-13(17)15(21)14(7-10)24(22,23)19-11-8-18-20(9-11)12-4-2-1-3-5-12/h1-9,19,21H. The quantitative estimate of drug-likeness (QED) is 0.719. The van der Waals surface area contributed by atoms with Gasteiger partial charge in [-0.05, 0) is 24.3 Å². The van der Waals surface area contributed by atoms with Crippen molar-refractivity contribution in [2.45, 2.75) is 4.90 Å². The highest BCUT2D eigenvalue weighted by Gasteiger charge is 2.22. The summed E-state index contributed by atoms with van der Waals surface area (Å²) in [7, 11) is -4.08. The Balaban J connectivity index is 1.93. The molecule has 0 radical (unpaired) electrons. The molecule has 0 amide bonds. The van der Waals surface area contributed by atoms with Gasteiger partial charge in [0.1, 0.15) is 4.90 Å². The Morgan fingerprint density at radius 1 is 1.12 bits per heavy atom. The number of benzene rings is 2. The van der Waals surface area contributed by atoms with Gasteiger partial charge in [0.25, 0.3) is 10.0 Å². The second-order valence-corrected chi connectivity index (χ2v) is 7.34. The molecule has 0 saturated carbocycles. The van der Waals surface area contributed by atoms with E-state index in [-0.39, 0.29) is 15.7 Å². The van der Waals surface area contributed by atoms with Crippen LogP contribution in [0.4, 0.5) is 5.69 Å². The summed E-state index contributed by atoms with van der Waals surface area (Å²) in [6.45, 7) is 0. The number of halogens is 2. The van der Waals surface area contributed by atoms with Crippen LogP contribution in [-0.4, -0.2) is 23.3 Å². The molecule has 0 aliphatic heterocycles. The first-order valence-electron chi connectivity index (χ1n) is 6.68. The number of nitrogens with zero attached hydrogens (tertiary/aromatic N) is 2. The third-order valence-electron chi connectivity index (χ3n) is 3.14. The fraction of sp³-hybridized carbons (Fsp3) is 0. The van der Waals surface area contributed by atoms with E-state index in [1.807, 2.05) is 30.3 Å². The molecule has 0 atom stereocenters. The zero-order chi connectivity index (χ0) is 17.3. The van der Waals surface area contributed by atoms with E-state index in [0.717, 1.165) is 11.8 Å².